The summed E-state index contributed by atoms with van der Waals surface area (Å²) >= 11 is 0. The number of fused-ring (bicyclic) bond motifs is 10. The maximum Gasteiger partial charge on any atom is -0.00141 e. The van der Waals surface area contributed by atoms with Gasteiger partial charge in [-0.15, -0.1) is 0 Å². The van der Waals surface area contributed by atoms with Gasteiger partial charge < -0.3 is 0 Å². The Labute approximate surface area is 266 Å². The van der Waals surface area contributed by atoms with Crippen molar-refractivity contribution in [3.8, 4) is 22.3 Å². The Morgan fingerprint density at radius 3 is 1.35 bits per heavy atom. The van der Waals surface area contributed by atoms with Crippen LogP contribution in [0, 0.1) is 0 Å². The zero-order chi connectivity index (χ0) is 30.2. The van der Waals surface area contributed by atoms with Crippen LogP contribution in [-0.4, -0.2) is 0 Å². The number of hydrogen-bond donors (Lipinski definition) is 0. The predicted molar refractivity (Wildman–Crippen MR) is 200 cm³/mol. The molecule has 0 saturated heterocycles. The van der Waals surface area contributed by atoms with Crippen LogP contribution in [-0.2, 0) is 0 Å². The van der Waals surface area contributed by atoms with Crippen LogP contribution in [0.25, 0.3) is 97.7 Å². The van der Waals surface area contributed by atoms with Gasteiger partial charge >= 0.3 is 0 Å². The smallest absolute Gasteiger partial charge is 0.00141 e. The molecule has 0 aliphatic rings. The zero-order valence-corrected chi connectivity index (χ0v) is 25.2. The molecule has 0 aliphatic heterocycles. The van der Waals surface area contributed by atoms with Crippen molar-refractivity contribution in [2.75, 3.05) is 0 Å². The molecule has 0 unspecified atom stereocenters. The highest BCUT2D eigenvalue weighted by molar-refractivity contribution is 6.28. The van der Waals surface area contributed by atoms with Crippen LogP contribution in [0.3, 0.4) is 0 Å². The van der Waals surface area contributed by atoms with Crippen molar-refractivity contribution in [2.24, 2.45) is 0 Å². The fourth-order valence-electron chi connectivity index (χ4n) is 7.89. The van der Waals surface area contributed by atoms with E-state index in [1.165, 1.54) is 97.7 Å². The van der Waals surface area contributed by atoms with E-state index >= 15 is 0 Å². The summed E-state index contributed by atoms with van der Waals surface area (Å²) in [5.74, 6) is 0. The average molecular weight is 581 g/mol. The lowest BCUT2D eigenvalue weighted by atomic mass is 9.83. The van der Waals surface area contributed by atoms with Crippen LogP contribution in [0.5, 0.6) is 0 Å². The topological polar surface area (TPSA) is 0 Å². The third-order valence-corrected chi connectivity index (χ3v) is 9.98. The monoisotopic (exact) mass is 580 g/mol. The quantitative estimate of drug-likeness (QED) is 0.141. The molecule has 212 valence electrons. The standard InChI is InChI=1S/C46H28/c1-4-12-36-29(9-1)19-21-33-27-34(24-25-38(33)36)45-41-16-8-7-15-40(41)44(42-26-23-31-11-3-6-14-39(31)46(42)45)35-22-20-32-18-17-30-10-2-5-13-37(30)43(32)28-35/h1-28H. The van der Waals surface area contributed by atoms with Crippen LogP contribution in [0.1, 0.15) is 0 Å². The molecule has 0 heterocycles. The Bertz CT molecular complexity index is 2850. The predicted octanol–water partition coefficient (Wildman–Crippen LogP) is 13.1. The van der Waals surface area contributed by atoms with Crippen LogP contribution < -0.4 is 0 Å². The minimum absolute atomic E-state index is 1.25. The van der Waals surface area contributed by atoms with E-state index in [0.717, 1.165) is 0 Å². The van der Waals surface area contributed by atoms with E-state index in [-0.39, 0.29) is 0 Å². The first-order valence-corrected chi connectivity index (χ1v) is 16.0. The van der Waals surface area contributed by atoms with E-state index in [1.807, 2.05) is 0 Å². The van der Waals surface area contributed by atoms with Gasteiger partial charge in [0.25, 0.3) is 0 Å². The Morgan fingerprint density at radius 2 is 0.630 bits per heavy atom. The summed E-state index contributed by atoms with van der Waals surface area (Å²) in [4.78, 5) is 0. The van der Waals surface area contributed by atoms with E-state index in [9.17, 15) is 0 Å². The van der Waals surface area contributed by atoms with Crippen molar-refractivity contribution in [2.45, 2.75) is 0 Å². The van der Waals surface area contributed by atoms with Crippen LogP contribution in [0.2, 0.25) is 0 Å². The molecule has 0 N–H and O–H groups in total. The summed E-state index contributed by atoms with van der Waals surface area (Å²) in [7, 11) is 0. The Balaban J connectivity index is 1.35. The molecule has 0 bridgehead atoms. The Kier molecular flexibility index (Phi) is 5.38. The second kappa shape index (κ2) is 9.76. The second-order valence-corrected chi connectivity index (χ2v) is 12.5. The summed E-state index contributed by atoms with van der Waals surface area (Å²) in [6.45, 7) is 0. The highest BCUT2D eigenvalue weighted by Crippen LogP contribution is 2.47. The van der Waals surface area contributed by atoms with Crippen molar-refractivity contribution in [3.63, 3.8) is 0 Å². The first kappa shape index (κ1) is 25.4. The molecule has 0 aromatic heterocycles. The molecule has 0 aliphatic carbocycles. The van der Waals surface area contributed by atoms with Crippen LogP contribution >= 0.6 is 0 Å². The van der Waals surface area contributed by atoms with Crippen molar-refractivity contribution in [3.05, 3.63) is 170 Å². The number of benzene rings is 10. The van der Waals surface area contributed by atoms with Gasteiger partial charge in [0.15, 0.2) is 0 Å². The van der Waals surface area contributed by atoms with Gasteiger partial charge in [-0.1, -0.05) is 158 Å². The summed E-state index contributed by atoms with van der Waals surface area (Å²) in [5, 5.41) is 17.9. The second-order valence-electron chi connectivity index (χ2n) is 12.5. The molecular formula is C46H28. The molecule has 0 amide bonds. The first-order valence-electron chi connectivity index (χ1n) is 16.0. The van der Waals surface area contributed by atoms with Gasteiger partial charge in [-0.05, 0) is 110 Å². The normalized spacial score (nSPS) is 11.9. The largest absolute Gasteiger partial charge is 0.0616 e. The maximum absolute atomic E-state index is 2.41. The summed E-state index contributed by atoms with van der Waals surface area (Å²) in [6, 6.07) is 63.0. The van der Waals surface area contributed by atoms with E-state index < -0.39 is 0 Å². The molecule has 0 spiro atoms. The average Bonchev–Trinajstić information content (AvgIpc) is 3.13. The number of hydrogen-bond acceptors (Lipinski definition) is 0. The Hall–Kier alpha value is -5.98. The summed E-state index contributed by atoms with van der Waals surface area (Å²) in [6.07, 6.45) is 0. The first-order chi connectivity index (χ1) is 22.8. The minimum atomic E-state index is 1.25. The molecule has 0 nitrogen and oxygen atoms in total. The molecule has 46 heavy (non-hydrogen) atoms. The van der Waals surface area contributed by atoms with E-state index in [1.54, 1.807) is 0 Å². The lowest BCUT2D eigenvalue weighted by Gasteiger charge is -2.20. The summed E-state index contributed by atoms with van der Waals surface area (Å²) < 4.78 is 0. The molecule has 0 atom stereocenters. The van der Waals surface area contributed by atoms with Gasteiger partial charge in [-0.3, -0.25) is 0 Å². The zero-order valence-electron chi connectivity index (χ0n) is 25.2. The van der Waals surface area contributed by atoms with E-state index in [2.05, 4.69) is 170 Å². The molecule has 0 radical (unpaired) electrons. The Morgan fingerprint density at radius 1 is 0.217 bits per heavy atom. The molecule has 0 heteroatoms. The van der Waals surface area contributed by atoms with Gasteiger partial charge in [-0.2, -0.15) is 0 Å². The van der Waals surface area contributed by atoms with Crippen molar-refractivity contribution in [1.29, 1.82) is 0 Å². The van der Waals surface area contributed by atoms with Gasteiger partial charge in [-0.25, -0.2) is 0 Å². The molecular weight excluding hydrogens is 553 g/mol. The summed E-state index contributed by atoms with van der Waals surface area (Å²) in [5.41, 5.74) is 5.09. The molecule has 0 fully saturated rings. The maximum atomic E-state index is 2.41. The van der Waals surface area contributed by atoms with Gasteiger partial charge in [0.2, 0.25) is 0 Å². The highest BCUT2D eigenvalue weighted by atomic mass is 14.2. The lowest BCUT2D eigenvalue weighted by Crippen LogP contribution is -1.92. The third-order valence-electron chi connectivity index (χ3n) is 9.98. The van der Waals surface area contributed by atoms with Crippen molar-refractivity contribution in [1.82, 2.24) is 0 Å². The van der Waals surface area contributed by atoms with E-state index in [4.69, 9.17) is 0 Å². The van der Waals surface area contributed by atoms with Crippen LogP contribution in [0.15, 0.2) is 170 Å². The molecule has 10 aromatic rings. The van der Waals surface area contributed by atoms with Crippen LogP contribution in [0.4, 0.5) is 0 Å². The third kappa shape index (κ3) is 3.68. The lowest BCUT2D eigenvalue weighted by molar-refractivity contribution is 1.70. The van der Waals surface area contributed by atoms with Gasteiger partial charge in [0, 0.05) is 0 Å². The fraction of sp³-hybridized carbons (Fsp3) is 0. The SMILES string of the molecule is c1ccc2c(c1)ccc1cc(-c3c4ccccc4c(-c4ccc5ccc6ccccc6c5c4)c4ccc5ccccc5c34)ccc12. The van der Waals surface area contributed by atoms with Crippen molar-refractivity contribution >= 4 is 75.4 Å². The van der Waals surface area contributed by atoms with Gasteiger partial charge in [0.05, 0.1) is 0 Å². The molecule has 0 saturated carbocycles. The van der Waals surface area contributed by atoms with Crippen molar-refractivity contribution < 1.29 is 0 Å². The highest BCUT2D eigenvalue weighted by Gasteiger charge is 2.19. The van der Waals surface area contributed by atoms with Gasteiger partial charge in [0.1, 0.15) is 0 Å². The fourth-order valence-corrected chi connectivity index (χ4v) is 7.89. The van der Waals surface area contributed by atoms with E-state index in [0.29, 0.717) is 0 Å². The number of rotatable bonds is 2. The molecule has 10 aromatic carbocycles. The minimum Gasteiger partial charge on any atom is -0.0616 e. The molecule has 10 rings (SSSR count).